The van der Waals surface area contributed by atoms with Gasteiger partial charge in [0.25, 0.3) is 0 Å². The van der Waals surface area contributed by atoms with Gasteiger partial charge in [0.05, 0.1) is 12.7 Å². The van der Waals surface area contributed by atoms with Crippen LogP contribution in [0.2, 0.25) is 0 Å². The van der Waals surface area contributed by atoms with E-state index in [1.54, 1.807) is 12.4 Å². The summed E-state index contributed by atoms with van der Waals surface area (Å²) in [5.74, 6) is 0. The third-order valence-electron chi connectivity index (χ3n) is 1.87. The lowest BCUT2D eigenvalue weighted by Crippen LogP contribution is -2.12. The van der Waals surface area contributed by atoms with E-state index in [1.807, 2.05) is 26.8 Å². The molecule has 1 unspecified atom stereocenters. The van der Waals surface area contributed by atoms with Crippen LogP contribution < -0.4 is 0 Å². The lowest BCUT2D eigenvalue weighted by molar-refractivity contribution is 0.00478. The highest BCUT2D eigenvalue weighted by molar-refractivity contribution is 5.18. The van der Waals surface area contributed by atoms with Crippen LogP contribution in [0.15, 0.2) is 18.5 Å². The van der Waals surface area contributed by atoms with E-state index in [9.17, 15) is 5.11 Å². The number of hydrogen-bond acceptors (Lipinski definition) is 3. The van der Waals surface area contributed by atoms with Crippen LogP contribution in [0.4, 0.5) is 0 Å². The molecule has 0 saturated carbocycles. The molecule has 14 heavy (non-hydrogen) atoms. The second kappa shape index (κ2) is 5.08. The summed E-state index contributed by atoms with van der Waals surface area (Å²) in [5, 5.41) is 9.73. The molecule has 0 spiro atoms. The first-order valence-electron chi connectivity index (χ1n) is 4.81. The van der Waals surface area contributed by atoms with Crippen LogP contribution in [0.3, 0.4) is 0 Å². The molecular weight excluding hydrogens is 178 g/mol. The quantitative estimate of drug-likeness (QED) is 0.797. The average Bonchev–Trinajstić information content (AvgIpc) is 2.14. The van der Waals surface area contributed by atoms with Gasteiger partial charge in [-0.2, -0.15) is 0 Å². The highest BCUT2D eigenvalue weighted by Gasteiger charge is 2.08. The van der Waals surface area contributed by atoms with Crippen molar-refractivity contribution in [3.05, 3.63) is 29.6 Å². The summed E-state index contributed by atoms with van der Waals surface area (Å²) in [4.78, 5) is 4.02. The maximum absolute atomic E-state index is 9.73. The molecule has 0 aromatic carbocycles. The molecule has 0 aliphatic carbocycles. The zero-order valence-corrected chi connectivity index (χ0v) is 8.90. The van der Waals surface area contributed by atoms with Gasteiger partial charge in [-0.1, -0.05) is 6.07 Å². The van der Waals surface area contributed by atoms with E-state index in [2.05, 4.69) is 4.98 Å². The molecular formula is C11H17NO2. The minimum Gasteiger partial charge on any atom is -0.386 e. The predicted octanol–water partition coefficient (Wildman–Crippen LogP) is 1.85. The molecule has 1 N–H and O–H groups in total. The van der Waals surface area contributed by atoms with Crippen LogP contribution in [0.5, 0.6) is 0 Å². The number of aryl methyl sites for hydroxylation is 1. The molecule has 0 fully saturated rings. The molecule has 0 bridgehead atoms. The van der Waals surface area contributed by atoms with E-state index in [0.29, 0.717) is 6.61 Å². The minimum atomic E-state index is -0.579. The summed E-state index contributed by atoms with van der Waals surface area (Å²) >= 11 is 0. The Morgan fingerprint density at radius 1 is 1.43 bits per heavy atom. The number of aliphatic hydroxyl groups excluding tert-OH is 1. The first kappa shape index (κ1) is 11.1. The summed E-state index contributed by atoms with van der Waals surface area (Å²) in [6.07, 6.45) is 2.99. The van der Waals surface area contributed by atoms with Crippen molar-refractivity contribution in [3.8, 4) is 0 Å². The summed E-state index contributed by atoms with van der Waals surface area (Å²) in [7, 11) is 0. The van der Waals surface area contributed by atoms with E-state index in [4.69, 9.17) is 4.74 Å². The van der Waals surface area contributed by atoms with Gasteiger partial charge in [0, 0.05) is 18.0 Å². The Morgan fingerprint density at radius 2 is 2.14 bits per heavy atom. The number of pyridine rings is 1. The van der Waals surface area contributed by atoms with Gasteiger partial charge in [-0.25, -0.2) is 0 Å². The molecule has 1 heterocycles. The number of rotatable bonds is 4. The fourth-order valence-electron chi connectivity index (χ4n) is 1.14. The van der Waals surface area contributed by atoms with E-state index in [1.165, 1.54) is 0 Å². The summed E-state index contributed by atoms with van der Waals surface area (Å²) in [6, 6.07) is 1.92. The van der Waals surface area contributed by atoms with Crippen LogP contribution in [-0.2, 0) is 4.74 Å². The molecule has 1 atom stereocenters. The third-order valence-corrected chi connectivity index (χ3v) is 1.87. The molecule has 0 amide bonds. The van der Waals surface area contributed by atoms with Gasteiger partial charge >= 0.3 is 0 Å². The fourth-order valence-corrected chi connectivity index (χ4v) is 1.14. The first-order valence-corrected chi connectivity index (χ1v) is 4.81. The highest BCUT2D eigenvalue weighted by Crippen LogP contribution is 2.13. The van der Waals surface area contributed by atoms with E-state index >= 15 is 0 Å². The number of aliphatic hydroxyl groups is 1. The first-order chi connectivity index (χ1) is 6.59. The Balaban J connectivity index is 2.56. The maximum atomic E-state index is 9.73. The van der Waals surface area contributed by atoms with Crippen LogP contribution in [-0.4, -0.2) is 22.8 Å². The van der Waals surface area contributed by atoms with Crippen LogP contribution in [0.1, 0.15) is 31.1 Å². The molecule has 1 rings (SSSR count). The van der Waals surface area contributed by atoms with Gasteiger partial charge in [0.15, 0.2) is 0 Å². The molecule has 3 heteroatoms. The standard InChI is InChI=1S/C11H17NO2/c1-8(2)14-7-11(13)10-4-9(3)5-12-6-10/h4-6,8,11,13H,7H2,1-3H3. The predicted molar refractivity (Wildman–Crippen MR) is 55.0 cm³/mol. The number of aromatic nitrogens is 1. The Labute approximate surface area is 84.7 Å². The molecule has 1 aromatic heterocycles. The highest BCUT2D eigenvalue weighted by atomic mass is 16.5. The van der Waals surface area contributed by atoms with Crippen LogP contribution in [0.25, 0.3) is 0 Å². The van der Waals surface area contributed by atoms with Gasteiger partial charge in [-0.15, -0.1) is 0 Å². The van der Waals surface area contributed by atoms with Crippen molar-refractivity contribution in [2.75, 3.05) is 6.61 Å². The maximum Gasteiger partial charge on any atom is 0.104 e. The molecule has 0 aliphatic heterocycles. The molecule has 0 radical (unpaired) electrons. The SMILES string of the molecule is Cc1cncc(C(O)COC(C)C)c1. The Hall–Kier alpha value is -0.930. The van der Waals surface area contributed by atoms with Crippen molar-refractivity contribution >= 4 is 0 Å². The van der Waals surface area contributed by atoms with Crippen molar-refractivity contribution in [2.24, 2.45) is 0 Å². The topological polar surface area (TPSA) is 42.4 Å². The molecule has 3 nitrogen and oxygen atoms in total. The summed E-state index contributed by atoms with van der Waals surface area (Å²) in [6.45, 7) is 6.16. The largest absolute Gasteiger partial charge is 0.386 e. The fraction of sp³-hybridized carbons (Fsp3) is 0.545. The zero-order valence-electron chi connectivity index (χ0n) is 8.90. The number of nitrogens with zero attached hydrogens (tertiary/aromatic N) is 1. The van der Waals surface area contributed by atoms with Crippen LogP contribution in [0, 0.1) is 6.92 Å². The Kier molecular flexibility index (Phi) is 4.04. The van der Waals surface area contributed by atoms with E-state index < -0.39 is 6.10 Å². The minimum absolute atomic E-state index is 0.141. The molecule has 0 saturated heterocycles. The monoisotopic (exact) mass is 195 g/mol. The van der Waals surface area contributed by atoms with Crippen molar-refractivity contribution < 1.29 is 9.84 Å². The third kappa shape index (κ3) is 3.44. The van der Waals surface area contributed by atoms with Gasteiger partial charge in [0.2, 0.25) is 0 Å². The summed E-state index contributed by atoms with van der Waals surface area (Å²) < 4.78 is 5.32. The normalized spacial score (nSPS) is 13.2. The van der Waals surface area contributed by atoms with Crippen molar-refractivity contribution in [2.45, 2.75) is 33.0 Å². The average molecular weight is 195 g/mol. The molecule has 1 aromatic rings. The molecule has 0 aliphatic rings. The molecule has 78 valence electrons. The Morgan fingerprint density at radius 3 is 2.71 bits per heavy atom. The van der Waals surface area contributed by atoms with Crippen molar-refractivity contribution in [1.82, 2.24) is 4.98 Å². The zero-order chi connectivity index (χ0) is 10.6. The number of ether oxygens (including phenoxy) is 1. The summed E-state index contributed by atoms with van der Waals surface area (Å²) in [5.41, 5.74) is 1.86. The van der Waals surface area contributed by atoms with Gasteiger partial charge in [-0.3, -0.25) is 4.98 Å². The van der Waals surface area contributed by atoms with Crippen molar-refractivity contribution in [1.29, 1.82) is 0 Å². The van der Waals surface area contributed by atoms with Gasteiger partial charge in [0.1, 0.15) is 6.10 Å². The van der Waals surface area contributed by atoms with Crippen molar-refractivity contribution in [3.63, 3.8) is 0 Å². The smallest absolute Gasteiger partial charge is 0.104 e. The van der Waals surface area contributed by atoms with Gasteiger partial charge in [-0.05, 0) is 26.3 Å². The van der Waals surface area contributed by atoms with Crippen LogP contribution >= 0.6 is 0 Å². The second-order valence-electron chi connectivity index (χ2n) is 3.69. The van der Waals surface area contributed by atoms with E-state index in [-0.39, 0.29) is 6.10 Å². The second-order valence-corrected chi connectivity index (χ2v) is 3.69. The number of hydrogen-bond donors (Lipinski definition) is 1. The lowest BCUT2D eigenvalue weighted by Gasteiger charge is -2.13. The van der Waals surface area contributed by atoms with E-state index in [0.717, 1.165) is 11.1 Å². The Bertz CT molecular complexity index is 286. The lowest BCUT2D eigenvalue weighted by atomic mass is 10.1. The van der Waals surface area contributed by atoms with Gasteiger partial charge < -0.3 is 9.84 Å².